The second-order valence-corrected chi connectivity index (χ2v) is 11.1. The van der Waals surface area contributed by atoms with Crippen molar-refractivity contribution in [3.05, 3.63) is 59.7 Å². The number of nitrogens with one attached hydrogen (secondary N) is 1. The van der Waals surface area contributed by atoms with Crippen molar-refractivity contribution in [2.24, 2.45) is 0 Å². The normalized spacial score (nSPS) is 18.2. The van der Waals surface area contributed by atoms with Crippen LogP contribution in [0.1, 0.15) is 56.1 Å². The van der Waals surface area contributed by atoms with Crippen LogP contribution >= 0.6 is 0 Å². The molecule has 33 heavy (non-hydrogen) atoms. The van der Waals surface area contributed by atoms with Gasteiger partial charge < -0.3 is 5.32 Å². The molecule has 2 aliphatic heterocycles. The van der Waals surface area contributed by atoms with E-state index in [1.165, 1.54) is 24.8 Å². The van der Waals surface area contributed by atoms with E-state index in [0.29, 0.717) is 30.8 Å². The van der Waals surface area contributed by atoms with Crippen molar-refractivity contribution in [1.29, 1.82) is 0 Å². The van der Waals surface area contributed by atoms with E-state index in [-0.39, 0.29) is 5.91 Å². The number of sulfonamides is 1. The average molecular weight is 470 g/mol. The number of aryl methyl sites for hydroxylation is 1. The first-order chi connectivity index (χ1) is 16.0. The van der Waals surface area contributed by atoms with E-state index >= 15 is 0 Å². The Labute approximate surface area is 198 Å². The monoisotopic (exact) mass is 469 g/mol. The predicted molar refractivity (Wildman–Crippen MR) is 132 cm³/mol. The van der Waals surface area contributed by atoms with Crippen molar-refractivity contribution in [3.63, 3.8) is 0 Å². The Morgan fingerprint density at radius 2 is 1.48 bits per heavy atom. The highest BCUT2D eigenvalue weighted by Crippen LogP contribution is 2.21. The van der Waals surface area contributed by atoms with Crippen molar-refractivity contribution in [1.82, 2.24) is 9.21 Å². The van der Waals surface area contributed by atoms with E-state index in [1.54, 1.807) is 16.4 Å². The van der Waals surface area contributed by atoms with Crippen molar-refractivity contribution >= 4 is 21.6 Å². The lowest BCUT2D eigenvalue weighted by Crippen LogP contribution is -2.35. The lowest BCUT2D eigenvalue weighted by atomic mass is 10.1. The van der Waals surface area contributed by atoms with E-state index in [9.17, 15) is 13.2 Å². The summed E-state index contributed by atoms with van der Waals surface area (Å²) in [6.07, 6.45) is 7.72. The summed E-state index contributed by atoms with van der Waals surface area (Å²) in [5.41, 5.74) is 3.01. The molecule has 2 aromatic rings. The van der Waals surface area contributed by atoms with Crippen LogP contribution in [0.5, 0.6) is 0 Å². The molecule has 0 spiro atoms. The predicted octanol–water partition coefficient (Wildman–Crippen LogP) is 4.42. The number of likely N-dealkylation sites (tertiary alicyclic amines) is 1. The van der Waals surface area contributed by atoms with Gasteiger partial charge in [-0.1, -0.05) is 37.1 Å². The maximum Gasteiger partial charge on any atom is 0.243 e. The number of nitrogens with zero attached hydrogens (tertiary/aromatic N) is 2. The first kappa shape index (κ1) is 23.9. The van der Waals surface area contributed by atoms with Gasteiger partial charge in [-0.25, -0.2) is 8.42 Å². The average Bonchev–Trinajstić information content (AvgIpc) is 2.84. The Bertz CT molecular complexity index is 1030. The second-order valence-electron chi connectivity index (χ2n) is 9.19. The molecule has 7 heteroatoms. The van der Waals surface area contributed by atoms with Gasteiger partial charge in [0.25, 0.3) is 0 Å². The van der Waals surface area contributed by atoms with E-state index in [4.69, 9.17) is 0 Å². The molecule has 178 valence electrons. The van der Waals surface area contributed by atoms with Crippen LogP contribution in [0.15, 0.2) is 53.4 Å². The minimum absolute atomic E-state index is 0.0323. The number of hydrogen-bond acceptors (Lipinski definition) is 4. The van der Waals surface area contributed by atoms with Gasteiger partial charge in [-0.05, 0) is 80.6 Å². The van der Waals surface area contributed by atoms with Gasteiger partial charge in [0.15, 0.2) is 0 Å². The van der Waals surface area contributed by atoms with Crippen molar-refractivity contribution in [2.75, 3.05) is 31.5 Å². The number of piperidine rings is 2. The fourth-order valence-electron chi connectivity index (χ4n) is 4.69. The van der Waals surface area contributed by atoms with Crippen LogP contribution in [-0.4, -0.2) is 49.7 Å². The molecule has 2 aromatic carbocycles. The summed E-state index contributed by atoms with van der Waals surface area (Å²) in [6, 6.07) is 15.1. The molecular weight excluding hydrogens is 434 g/mol. The number of carbonyl (C=O) groups is 1. The standard InChI is InChI=1S/C26H35N3O3S/c30-26(27-24-9-7-8-23(20-24)21-28-16-3-1-4-17-28)15-12-22-10-13-25(14-11-22)33(31,32)29-18-5-2-6-19-29/h7-11,13-14,20H,1-6,12,15-19,21H2,(H,27,30). The summed E-state index contributed by atoms with van der Waals surface area (Å²) in [5, 5.41) is 3.01. The molecule has 4 rings (SSSR count). The summed E-state index contributed by atoms with van der Waals surface area (Å²) in [4.78, 5) is 15.3. The Hall–Kier alpha value is -2.22. The molecule has 1 N–H and O–H groups in total. The summed E-state index contributed by atoms with van der Waals surface area (Å²) in [7, 11) is -3.42. The van der Waals surface area contributed by atoms with Crippen LogP contribution in [0.3, 0.4) is 0 Å². The maximum absolute atomic E-state index is 12.8. The Kier molecular flexibility index (Phi) is 8.17. The molecule has 2 aliphatic rings. The van der Waals surface area contributed by atoms with Crippen molar-refractivity contribution in [3.8, 4) is 0 Å². The number of rotatable bonds is 8. The van der Waals surface area contributed by atoms with Gasteiger partial charge in [-0.2, -0.15) is 4.31 Å². The van der Waals surface area contributed by atoms with Crippen LogP contribution in [0.4, 0.5) is 5.69 Å². The Morgan fingerprint density at radius 1 is 0.818 bits per heavy atom. The Balaban J connectivity index is 1.28. The Morgan fingerprint density at radius 3 is 2.18 bits per heavy atom. The molecular formula is C26H35N3O3S. The maximum atomic E-state index is 12.8. The SMILES string of the molecule is O=C(CCc1ccc(S(=O)(=O)N2CCCCC2)cc1)Nc1cccc(CN2CCCCC2)c1. The zero-order valence-electron chi connectivity index (χ0n) is 19.3. The highest BCUT2D eigenvalue weighted by atomic mass is 32.2. The number of anilines is 1. The lowest BCUT2D eigenvalue weighted by molar-refractivity contribution is -0.116. The van der Waals surface area contributed by atoms with Gasteiger partial charge in [-0.3, -0.25) is 9.69 Å². The summed E-state index contributed by atoms with van der Waals surface area (Å²) in [6.45, 7) is 4.42. The van der Waals surface area contributed by atoms with Gasteiger partial charge in [0.2, 0.25) is 15.9 Å². The first-order valence-corrected chi connectivity index (χ1v) is 13.6. The van der Waals surface area contributed by atoms with E-state index < -0.39 is 10.0 Å². The van der Waals surface area contributed by atoms with E-state index in [0.717, 1.165) is 50.1 Å². The van der Waals surface area contributed by atoms with Crippen molar-refractivity contribution in [2.45, 2.75) is 62.8 Å². The summed E-state index contributed by atoms with van der Waals surface area (Å²) >= 11 is 0. The third kappa shape index (κ3) is 6.65. The fraction of sp³-hybridized carbons (Fsp3) is 0.500. The topological polar surface area (TPSA) is 69.7 Å². The van der Waals surface area contributed by atoms with E-state index in [1.807, 2.05) is 24.3 Å². The number of benzene rings is 2. The largest absolute Gasteiger partial charge is 0.326 e. The molecule has 2 saturated heterocycles. The summed E-state index contributed by atoms with van der Waals surface area (Å²) in [5.74, 6) is -0.0323. The fourth-order valence-corrected chi connectivity index (χ4v) is 6.20. The number of amides is 1. The molecule has 0 unspecified atom stereocenters. The zero-order valence-corrected chi connectivity index (χ0v) is 20.2. The molecule has 0 aromatic heterocycles. The van der Waals surface area contributed by atoms with Crippen LogP contribution in [0, 0.1) is 0 Å². The first-order valence-electron chi connectivity index (χ1n) is 12.2. The molecule has 0 atom stereocenters. The van der Waals surface area contributed by atoms with Crippen LogP contribution in [0.2, 0.25) is 0 Å². The molecule has 0 saturated carbocycles. The lowest BCUT2D eigenvalue weighted by Gasteiger charge is -2.26. The van der Waals surface area contributed by atoms with Gasteiger partial charge in [-0.15, -0.1) is 0 Å². The van der Waals surface area contributed by atoms with Crippen LogP contribution in [0.25, 0.3) is 0 Å². The smallest absolute Gasteiger partial charge is 0.243 e. The molecule has 6 nitrogen and oxygen atoms in total. The highest BCUT2D eigenvalue weighted by Gasteiger charge is 2.25. The van der Waals surface area contributed by atoms with Gasteiger partial charge in [0.1, 0.15) is 0 Å². The van der Waals surface area contributed by atoms with Gasteiger partial charge in [0, 0.05) is 31.7 Å². The molecule has 2 fully saturated rings. The third-order valence-electron chi connectivity index (χ3n) is 6.58. The quantitative estimate of drug-likeness (QED) is 0.621. The highest BCUT2D eigenvalue weighted by molar-refractivity contribution is 7.89. The summed E-state index contributed by atoms with van der Waals surface area (Å²) < 4.78 is 27.1. The molecule has 0 bridgehead atoms. The van der Waals surface area contributed by atoms with Gasteiger partial charge >= 0.3 is 0 Å². The zero-order chi connectivity index (χ0) is 23.1. The van der Waals surface area contributed by atoms with Crippen molar-refractivity contribution < 1.29 is 13.2 Å². The molecule has 2 heterocycles. The van der Waals surface area contributed by atoms with Crippen LogP contribution < -0.4 is 5.32 Å². The minimum atomic E-state index is -3.42. The molecule has 0 aliphatic carbocycles. The molecule has 0 radical (unpaired) electrons. The minimum Gasteiger partial charge on any atom is -0.326 e. The van der Waals surface area contributed by atoms with Gasteiger partial charge in [0.05, 0.1) is 4.90 Å². The van der Waals surface area contributed by atoms with Crippen LogP contribution in [-0.2, 0) is 27.8 Å². The third-order valence-corrected chi connectivity index (χ3v) is 8.50. The second kappa shape index (κ2) is 11.3. The number of carbonyl (C=O) groups excluding carboxylic acids is 1. The van der Waals surface area contributed by atoms with E-state index in [2.05, 4.69) is 22.3 Å². The number of hydrogen-bond donors (Lipinski definition) is 1. The molecule has 1 amide bonds.